The van der Waals surface area contributed by atoms with Crippen LogP contribution in [0.1, 0.15) is 6.42 Å². The molecule has 0 aliphatic rings. The van der Waals surface area contributed by atoms with Crippen LogP contribution in [0.3, 0.4) is 0 Å². The zero-order valence-corrected chi connectivity index (χ0v) is 13.2. The fraction of sp³-hybridized carbons (Fsp3) is 0.118. The highest BCUT2D eigenvalue weighted by Gasteiger charge is 2.14. The van der Waals surface area contributed by atoms with Crippen molar-refractivity contribution in [2.24, 2.45) is 5.73 Å². The number of nitrogens with two attached hydrogens (primary N) is 1. The summed E-state index contributed by atoms with van der Waals surface area (Å²) in [6.45, 7) is 0.123. The number of nitrogens with one attached hydrogen (secondary N) is 2. The lowest BCUT2D eigenvalue weighted by Crippen LogP contribution is -2.32. The van der Waals surface area contributed by atoms with Crippen LogP contribution in [0.15, 0.2) is 48.5 Å². The maximum atomic E-state index is 13.2. The van der Waals surface area contributed by atoms with Crippen LogP contribution >= 0.6 is 0 Å². The quantitative estimate of drug-likeness (QED) is 0.663. The number of carbonyl (C=O) groups excluding carboxylic acids is 2. The van der Waals surface area contributed by atoms with Gasteiger partial charge in [0, 0.05) is 18.7 Å². The number of imidazole rings is 1. The number of halogens is 1. The average molecular weight is 341 g/mol. The molecule has 0 atom stereocenters. The van der Waals surface area contributed by atoms with Crippen molar-refractivity contribution in [1.82, 2.24) is 14.9 Å². The number of amides is 3. The van der Waals surface area contributed by atoms with Gasteiger partial charge in [0.15, 0.2) is 0 Å². The van der Waals surface area contributed by atoms with E-state index in [-0.39, 0.29) is 24.7 Å². The lowest BCUT2D eigenvalue weighted by atomic mass is 10.2. The number of primary amides is 1. The molecule has 0 aliphatic carbocycles. The molecular weight excluding hydrogens is 325 g/mol. The fourth-order valence-electron chi connectivity index (χ4n) is 2.45. The van der Waals surface area contributed by atoms with Gasteiger partial charge in [-0.3, -0.25) is 14.7 Å². The molecule has 0 fully saturated rings. The van der Waals surface area contributed by atoms with Crippen LogP contribution in [0.5, 0.6) is 0 Å². The summed E-state index contributed by atoms with van der Waals surface area (Å²) in [4.78, 5) is 27.2. The molecule has 7 nitrogen and oxygen atoms in total. The van der Waals surface area contributed by atoms with Crippen LogP contribution < -0.4 is 16.4 Å². The monoisotopic (exact) mass is 341 g/mol. The van der Waals surface area contributed by atoms with Crippen LogP contribution in [-0.4, -0.2) is 28.0 Å². The molecule has 0 radical (unpaired) electrons. The number of nitrogens with zero attached hydrogens (tertiary/aromatic N) is 2. The summed E-state index contributed by atoms with van der Waals surface area (Å²) < 4.78 is 14.9. The van der Waals surface area contributed by atoms with Gasteiger partial charge < -0.3 is 11.1 Å². The summed E-state index contributed by atoms with van der Waals surface area (Å²) in [7, 11) is 0. The summed E-state index contributed by atoms with van der Waals surface area (Å²) in [5, 5.41) is 5.06. The summed E-state index contributed by atoms with van der Waals surface area (Å²) in [6.07, 6.45) is 0.0512. The van der Waals surface area contributed by atoms with Gasteiger partial charge in [-0.15, -0.1) is 0 Å². The zero-order chi connectivity index (χ0) is 17.8. The largest absolute Gasteiger partial charge is 0.352 e. The Morgan fingerprint density at radius 3 is 2.56 bits per heavy atom. The molecule has 0 aliphatic heterocycles. The predicted octanol–water partition coefficient (Wildman–Crippen LogP) is 2.16. The van der Waals surface area contributed by atoms with Gasteiger partial charge in [-0.05, 0) is 36.4 Å². The molecule has 25 heavy (non-hydrogen) atoms. The first-order valence-electron chi connectivity index (χ1n) is 7.61. The number of aromatic nitrogens is 2. The average Bonchev–Trinajstić information content (AvgIpc) is 2.93. The number of carbonyl (C=O) groups is 2. The SMILES string of the molecule is NC(=O)NCCC(=O)Nc1nc2ccccc2n1-c1ccc(F)cc1. The van der Waals surface area contributed by atoms with E-state index in [1.807, 2.05) is 24.3 Å². The van der Waals surface area contributed by atoms with Crippen molar-refractivity contribution in [1.29, 1.82) is 0 Å². The minimum absolute atomic E-state index is 0.0512. The molecule has 0 spiro atoms. The smallest absolute Gasteiger partial charge is 0.312 e. The lowest BCUT2D eigenvalue weighted by Gasteiger charge is -2.10. The number of hydrogen-bond donors (Lipinski definition) is 3. The second-order valence-corrected chi connectivity index (χ2v) is 5.33. The lowest BCUT2D eigenvalue weighted by molar-refractivity contribution is -0.116. The Morgan fingerprint density at radius 1 is 1.12 bits per heavy atom. The molecule has 0 bridgehead atoms. The third kappa shape index (κ3) is 3.74. The number of para-hydroxylation sites is 2. The molecule has 8 heteroatoms. The van der Waals surface area contributed by atoms with Crippen LogP contribution in [0.25, 0.3) is 16.7 Å². The minimum Gasteiger partial charge on any atom is -0.352 e. The summed E-state index contributed by atoms with van der Waals surface area (Å²) in [6, 6.07) is 12.6. The van der Waals surface area contributed by atoms with E-state index >= 15 is 0 Å². The fourth-order valence-corrected chi connectivity index (χ4v) is 2.45. The first kappa shape index (κ1) is 16.4. The zero-order valence-electron chi connectivity index (χ0n) is 13.2. The Kier molecular flexibility index (Phi) is 4.60. The molecule has 0 saturated heterocycles. The molecule has 1 aromatic heterocycles. The van der Waals surface area contributed by atoms with Crippen LogP contribution in [0, 0.1) is 5.82 Å². The maximum absolute atomic E-state index is 13.2. The Bertz CT molecular complexity index is 920. The Hall–Kier alpha value is -3.42. The van der Waals surface area contributed by atoms with Gasteiger partial charge in [0.1, 0.15) is 5.82 Å². The molecule has 1 heterocycles. The topological polar surface area (TPSA) is 102 Å². The van der Waals surface area contributed by atoms with E-state index in [9.17, 15) is 14.0 Å². The highest BCUT2D eigenvalue weighted by Crippen LogP contribution is 2.24. The Balaban J connectivity index is 1.92. The van der Waals surface area contributed by atoms with Crippen LogP contribution in [-0.2, 0) is 4.79 Å². The van der Waals surface area contributed by atoms with Gasteiger partial charge in [0.25, 0.3) is 0 Å². The van der Waals surface area contributed by atoms with Crippen molar-refractivity contribution in [3.63, 3.8) is 0 Å². The first-order chi connectivity index (χ1) is 12.0. The van der Waals surface area contributed by atoms with Crippen molar-refractivity contribution in [3.8, 4) is 5.69 Å². The van der Waals surface area contributed by atoms with Crippen molar-refractivity contribution < 1.29 is 14.0 Å². The van der Waals surface area contributed by atoms with Crippen molar-refractivity contribution in [2.45, 2.75) is 6.42 Å². The van der Waals surface area contributed by atoms with E-state index in [1.54, 1.807) is 16.7 Å². The molecular formula is C17H16FN5O2. The van der Waals surface area contributed by atoms with Gasteiger partial charge in [0.2, 0.25) is 11.9 Å². The molecule has 0 unspecified atom stereocenters. The molecule has 4 N–H and O–H groups in total. The second-order valence-electron chi connectivity index (χ2n) is 5.33. The number of benzene rings is 2. The molecule has 2 aromatic carbocycles. The third-order valence-corrected chi connectivity index (χ3v) is 3.55. The predicted molar refractivity (Wildman–Crippen MR) is 91.9 cm³/mol. The van der Waals surface area contributed by atoms with E-state index in [2.05, 4.69) is 15.6 Å². The van der Waals surface area contributed by atoms with Gasteiger partial charge in [-0.2, -0.15) is 0 Å². The number of fused-ring (bicyclic) bond motifs is 1. The summed E-state index contributed by atoms with van der Waals surface area (Å²) in [5.74, 6) is -0.361. The molecule has 3 rings (SSSR count). The molecule has 3 aromatic rings. The van der Waals surface area contributed by atoms with Crippen LogP contribution in [0.2, 0.25) is 0 Å². The number of urea groups is 1. The van der Waals surface area contributed by atoms with Gasteiger partial charge in [0.05, 0.1) is 11.0 Å². The number of anilines is 1. The number of hydrogen-bond acceptors (Lipinski definition) is 3. The van der Waals surface area contributed by atoms with E-state index in [4.69, 9.17) is 5.73 Å². The number of rotatable bonds is 5. The second kappa shape index (κ2) is 7.00. The van der Waals surface area contributed by atoms with E-state index in [0.717, 1.165) is 5.52 Å². The van der Waals surface area contributed by atoms with Crippen molar-refractivity contribution in [2.75, 3.05) is 11.9 Å². The van der Waals surface area contributed by atoms with Crippen molar-refractivity contribution >= 4 is 28.9 Å². The summed E-state index contributed by atoms with van der Waals surface area (Å²) >= 11 is 0. The van der Waals surface area contributed by atoms with E-state index < -0.39 is 6.03 Å². The van der Waals surface area contributed by atoms with E-state index in [1.165, 1.54) is 12.1 Å². The summed E-state index contributed by atoms with van der Waals surface area (Å²) in [5.41, 5.74) is 7.10. The minimum atomic E-state index is -0.689. The van der Waals surface area contributed by atoms with Crippen molar-refractivity contribution in [3.05, 3.63) is 54.3 Å². The highest BCUT2D eigenvalue weighted by atomic mass is 19.1. The molecule has 3 amide bonds. The maximum Gasteiger partial charge on any atom is 0.312 e. The standard InChI is InChI=1S/C17H16FN5O2/c18-11-5-7-12(8-6-11)23-14-4-2-1-3-13(14)21-17(23)22-15(24)9-10-20-16(19)25/h1-8H,9-10H2,(H3,19,20,25)(H,21,22,24). The normalized spacial score (nSPS) is 10.6. The first-order valence-corrected chi connectivity index (χ1v) is 7.61. The van der Waals surface area contributed by atoms with Crippen LogP contribution in [0.4, 0.5) is 15.1 Å². The Labute approximate surface area is 142 Å². The molecule has 0 saturated carbocycles. The van der Waals surface area contributed by atoms with Gasteiger partial charge >= 0.3 is 6.03 Å². The Morgan fingerprint density at radius 2 is 1.84 bits per heavy atom. The van der Waals surface area contributed by atoms with E-state index in [0.29, 0.717) is 17.2 Å². The van der Waals surface area contributed by atoms with Gasteiger partial charge in [-0.1, -0.05) is 12.1 Å². The molecule has 128 valence electrons. The third-order valence-electron chi connectivity index (χ3n) is 3.55. The highest BCUT2D eigenvalue weighted by molar-refractivity contribution is 5.92. The van der Waals surface area contributed by atoms with Gasteiger partial charge in [-0.25, -0.2) is 14.2 Å².